The zero-order chi connectivity index (χ0) is 12.3. The van der Waals surface area contributed by atoms with Gasteiger partial charge in [-0.05, 0) is 37.0 Å². The summed E-state index contributed by atoms with van der Waals surface area (Å²) in [6.07, 6.45) is 3.93. The molecule has 1 aliphatic carbocycles. The maximum Gasteiger partial charge on any atom is 0.0724 e. The van der Waals surface area contributed by atoms with Gasteiger partial charge in [-0.15, -0.1) is 0 Å². The van der Waals surface area contributed by atoms with Gasteiger partial charge in [0.15, 0.2) is 0 Å². The molecule has 0 saturated heterocycles. The van der Waals surface area contributed by atoms with Crippen LogP contribution < -0.4 is 5.32 Å². The standard InChI is InChI=1S/C13H17BrClNO/c1-17-13-4-2-3-12(13)16-8-9-5-6-10(14)7-11(9)15/h5-7,12-13,16H,2-4,8H2,1H3. The van der Waals surface area contributed by atoms with Crippen molar-refractivity contribution in [3.05, 3.63) is 33.3 Å². The zero-order valence-corrected chi connectivity index (χ0v) is 12.2. The van der Waals surface area contributed by atoms with E-state index in [1.165, 1.54) is 12.8 Å². The van der Waals surface area contributed by atoms with Gasteiger partial charge in [0.25, 0.3) is 0 Å². The topological polar surface area (TPSA) is 21.3 Å². The second kappa shape index (κ2) is 6.19. The minimum Gasteiger partial charge on any atom is -0.380 e. The van der Waals surface area contributed by atoms with Crippen LogP contribution in [0.25, 0.3) is 0 Å². The molecule has 0 heterocycles. The summed E-state index contributed by atoms with van der Waals surface area (Å²) in [6.45, 7) is 0.802. The van der Waals surface area contributed by atoms with Crippen molar-refractivity contribution in [2.24, 2.45) is 0 Å². The van der Waals surface area contributed by atoms with Gasteiger partial charge in [0.1, 0.15) is 0 Å². The number of ether oxygens (including phenoxy) is 1. The highest BCUT2D eigenvalue weighted by Gasteiger charge is 2.26. The van der Waals surface area contributed by atoms with Gasteiger partial charge in [0.05, 0.1) is 6.10 Å². The van der Waals surface area contributed by atoms with Crippen LogP contribution in [0.1, 0.15) is 24.8 Å². The predicted molar refractivity (Wildman–Crippen MR) is 74.4 cm³/mol. The second-order valence-electron chi connectivity index (χ2n) is 4.43. The summed E-state index contributed by atoms with van der Waals surface area (Å²) in [6, 6.07) is 6.46. The molecule has 4 heteroatoms. The molecule has 2 unspecified atom stereocenters. The van der Waals surface area contributed by atoms with Gasteiger partial charge in [0.2, 0.25) is 0 Å². The first-order chi connectivity index (χ1) is 8.20. The van der Waals surface area contributed by atoms with E-state index in [-0.39, 0.29) is 0 Å². The Morgan fingerprint density at radius 1 is 1.47 bits per heavy atom. The van der Waals surface area contributed by atoms with E-state index in [1.54, 1.807) is 7.11 Å². The number of methoxy groups -OCH3 is 1. The number of benzene rings is 1. The smallest absolute Gasteiger partial charge is 0.0724 e. The first kappa shape index (κ1) is 13.3. The maximum absolute atomic E-state index is 6.18. The van der Waals surface area contributed by atoms with E-state index < -0.39 is 0 Å². The average Bonchev–Trinajstić information content (AvgIpc) is 2.75. The van der Waals surface area contributed by atoms with E-state index in [9.17, 15) is 0 Å². The summed E-state index contributed by atoms with van der Waals surface area (Å²) >= 11 is 9.59. The van der Waals surface area contributed by atoms with Crippen molar-refractivity contribution < 1.29 is 4.74 Å². The Balaban J connectivity index is 1.93. The monoisotopic (exact) mass is 317 g/mol. The highest BCUT2D eigenvalue weighted by molar-refractivity contribution is 9.10. The van der Waals surface area contributed by atoms with Gasteiger partial charge in [-0.2, -0.15) is 0 Å². The average molecular weight is 319 g/mol. The minimum absolute atomic E-state index is 0.351. The molecule has 1 aromatic carbocycles. The van der Waals surface area contributed by atoms with Crippen molar-refractivity contribution in [1.29, 1.82) is 0 Å². The Kier molecular flexibility index (Phi) is 4.86. The molecule has 0 aromatic heterocycles. The van der Waals surface area contributed by atoms with Crippen molar-refractivity contribution in [3.63, 3.8) is 0 Å². The number of rotatable bonds is 4. The van der Waals surface area contributed by atoms with Gasteiger partial charge >= 0.3 is 0 Å². The van der Waals surface area contributed by atoms with Gasteiger partial charge in [-0.3, -0.25) is 0 Å². The van der Waals surface area contributed by atoms with E-state index in [2.05, 4.69) is 27.3 Å². The molecule has 1 saturated carbocycles. The third-order valence-electron chi connectivity index (χ3n) is 3.33. The fourth-order valence-corrected chi connectivity index (χ4v) is 3.09. The fraction of sp³-hybridized carbons (Fsp3) is 0.538. The molecule has 2 nitrogen and oxygen atoms in total. The molecule has 17 heavy (non-hydrogen) atoms. The van der Waals surface area contributed by atoms with Crippen molar-refractivity contribution in [2.45, 2.75) is 38.0 Å². The second-order valence-corrected chi connectivity index (χ2v) is 5.75. The quantitative estimate of drug-likeness (QED) is 0.912. The molecule has 0 amide bonds. The van der Waals surface area contributed by atoms with E-state index in [0.29, 0.717) is 12.1 Å². The largest absolute Gasteiger partial charge is 0.380 e. The highest BCUT2D eigenvalue weighted by Crippen LogP contribution is 2.24. The minimum atomic E-state index is 0.351. The van der Waals surface area contributed by atoms with Crippen LogP contribution in [-0.4, -0.2) is 19.3 Å². The Bertz CT molecular complexity index is 386. The normalized spacial score (nSPS) is 24.2. The van der Waals surface area contributed by atoms with Crippen LogP contribution >= 0.6 is 27.5 Å². The van der Waals surface area contributed by atoms with Crippen molar-refractivity contribution in [3.8, 4) is 0 Å². The Hall–Kier alpha value is -0.0900. The van der Waals surface area contributed by atoms with Crippen LogP contribution in [0.4, 0.5) is 0 Å². The van der Waals surface area contributed by atoms with Crippen molar-refractivity contribution in [1.82, 2.24) is 5.32 Å². The summed E-state index contributed by atoms with van der Waals surface area (Å²) in [5, 5.41) is 4.34. The van der Waals surface area contributed by atoms with Crippen LogP contribution in [0.15, 0.2) is 22.7 Å². The van der Waals surface area contributed by atoms with Crippen LogP contribution in [0.2, 0.25) is 5.02 Å². The van der Waals surface area contributed by atoms with E-state index >= 15 is 0 Å². The molecule has 0 aliphatic heterocycles. The highest BCUT2D eigenvalue weighted by atomic mass is 79.9. The summed E-state index contributed by atoms with van der Waals surface area (Å²) < 4.78 is 6.47. The third-order valence-corrected chi connectivity index (χ3v) is 4.17. The number of hydrogen-bond donors (Lipinski definition) is 1. The van der Waals surface area contributed by atoms with Crippen LogP contribution in [-0.2, 0) is 11.3 Å². The molecule has 1 aliphatic rings. The van der Waals surface area contributed by atoms with Crippen molar-refractivity contribution >= 4 is 27.5 Å². The Morgan fingerprint density at radius 2 is 2.29 bits per heavy atom. The first-order valence-electron chi connectivity index (χ1n) is 5.91. The molecular weight excluding hydrogens is 302 g/mol. The number of nitrogens with one attached hydrogen (secondary N) is 1. The van der Waals surface area contributed by atoms with E-state index in [0.717, 1.165) is 28.0 Å². The lowest BCUT2D eigenvalue weighted by Gasteiger charge is -2.20. The lowest BCUT2D eigenvalue weighted by molar-refractivity contribution is 0.0847. The van der Waals surface area contributed by atoms with Gasteiger partial charge in [-0.25, -0.2) is 0 Å². The van der Waals surface area contributed by atoms with E-state index in [1.807, 2.05) is 12.1 Å². The molecule has 1 aromatic rings. The molecule has 94 valence electrons. The Labute approximate surface area is 116 Å². The van der Waals surface area contributed by atoms with Gasteiger partial charge in [-0.1, -0.05) is 33.6 Å². The van der Waals surface area contributed by atoms with E-state index in [4.69, 9.17) is 16.3 Å². The van der Waals surface area contributed by atoms with Crippen LogP contribution in [0.5, 0.6) is 0 Å². The predicted octanol–water partition coefficient (Wildman–Crippen LogP) is 3.76. The summed E-state index contributed by atoms with van der Waals surface area (Å²) in [5.41, 5.74) is 1.14. The molecule has 1 fully saturated rings. The van der Waals surface area contributed by atoms with Gasteiger partial charge in [0, 0.05) is 29.2 Å². The summed E-state index contributed by atoms with van der Waals surface area (Å²) in [7, 11) is 1.79. The first-order valence-corrected chi connectivity index (χ1v) is 7.08. The van der Waals surface area contributed by atoms with Crippen LogP contribution in [0, 0.1) is 0 Å². The lowest BCUT2D eigenvalue weighted by atomic mass is 10.1. The molecular formula is C13H17BrClNO. The SMILES string of the molecule is COC1CCCC1NCc1ccc(Br)cc1Cl. The van der Waals surface area contributed by atoms with Gasteiger partial charge < -0.3 is 10.1 Å². The summed E-state index contributed by atoms with van der Waals surface area (Å²) in [4.78, 5) is 0. The number of halogens is 2. The zero-order valence-electron chi connectivity index (χ0n) is 9.88. The van der Waals surface area contributed by atoms with Crippen LogP contribution in [0.3, 0.4) is 0 Å². The molecule has 0 spiro atoms. The summed E-state index contributed by atoms with van der Waals surface area (Å²) in [5.74, 6) is 0. The molecule has 0 radical (unpaired) electrons. The number of hydrogen-bond acceptors (Lipinski definition) is 2. The maximum atomic E-state index is 6.18. The molecule has 0 bridgehead atoms. The Morgan fingerprint density at radius 3 is 3.00 bits per heavy atom. The van der Waals surface area contributed by atoms with Crippen molar-refractivity contribution in [2.75, 3.05) is 7.11 Å². The molecule has 2 atom stereocenters. The lowest BCUT2D eigenvalue weighted by Crippen LogP contribution is -2.36. The molecule has 1 N–H and O–H groups in total. The fourth-order valence-electron chi connectivity index (χ4n) is 2.35. The third kappa shape index (κ3) is 3.44. The molecule has 2 rings (SSSR count).